The van der Waals surface area contributed by atoms with E-state index in [1.54, 1.807) is 0 Å². The number of phosphoric ester groups is 1. The number of primary amides is 1. The predicted octanol–water partition coefficient (Wildman–Crippen LogP) is 3.20. The van der Waals surface area contributed by atoms with E-state index in [2.05, 4.69) is 27.4 Å². The Bertz CT molecular complexity index is 412. The Morgan fingerprint density at radius 3 is 2.00 bits per heavy atom. The van der Waals surface area contributed by atoms with Crippen LogP contribution in [0.3, 0.4) is 0 Å². The number of carbonyl (C=O) groups excluding carboxylic acids is 2. The summed E-state index contributed by atoms with van der Waals surface area (Å²) >= 11 is 3.26. The van der Waals surface area contributed by atoms with Crippen LogP contribution in [-0.2, 0) is 13.9 Å². The quantitative estimate of drug-likeness (QED) is 0.237. The number of imide groups is 1. The van der Waals surface area contributed by atoms with Crippen LogP contribution >= 0.6 is 23.8 Å². The molecular formula is C14H30BrN2O6P. The van der Waals surface area contributed by atoms with Crippen molar-refractivity contribution in [3.63, 3.8) is 0 Å². The lowest BCUT2D eigenvalue weighted by atomic mass is 10.0. The number of hydrogen-bond donors (Lipinski definition) is 4. The normalized spacial score (nSPS) is 11.4. The van der Waals surface area contributed by atoms with Crippen molar-refractivity contribution in [1.82, 2.24) is 5.32 Å². The van der Waals surface area contributed by atoms with Crippen molar-refractivity contribution in [3.05, 3.63) is 0 Å². The van der Waals surface area contributed by atoms with Crippen LogP contribution in [0.5, 0.6) is 0 Å². The third-order valence-corrected chi connectivity index (χ3v) is 5.27. The number of phosphoric acid groups is 1. The Kier molecular flexibility index (Phi) is 14.8. The summed E-state index contributed by atoms with van der Waals surface area (Å²) in [7, 11) is -4.22. The SMILES string of the molecule is CCC(Br)(CC)C(=O)NC(N)=O.CCCCCCCOP(=O)(O)O. The van der Waals surface area contributed by atoms with Crippen LogP contribution in [0.4, 0.5) is 4.79 Å². The molecule has 3 amide bonds. The monoisotopic (exact) mass is 432 g/mol. The Morgan fingerprint density at radius 1 is 1.12 bits per heavy atom. The minimum Gasteiger partial charge on any atom is -0.351 e. The molecule has 0 saturated heterocycles. The standard InChI is InChI=1S/C7H13BrN2O2.C7H17O4P/c1-3-7(8,4-2)5(11)10-6(9)12;1-2-3-4-5-6-7-11-12(8,9)10/h3-4H2,1-2H3,(H3,9,10,11,12);2-7H2,1H3,(H2,8,9,10). The van der Waals surface area contributed by atoms with Gasteiger partial charge >= 0.3 is 13.9 Å². The summed E-state index contributed by atoms with van der Waals surface area (Å²) < 4.78 is 13.8. The average Bonchev–Trinajstić information content (AvgIpc) is 2.48. The van der Waals surface area contributed by atoms with E-state index >= 15 is 0 Å². The van der Waals surface area contributed by atoms with Crippen LogP contribution in [-0.4, -0.2) is 32.7 Å². The lowest BCUT2D eigenvalue weighted by molar-refractivity contribution is -0.122. The van der Waals surface area contributed by atoms with E-state index in [1.165, 1.54) is 12.8 Å². The van der Waals surface area contributed by atoms with Crippen molar-refractivity contribution in [1.29, 1.82) is 0 Å². The maximum absolute atomic E-state index is 11.3. The number of rotatable bonds is 10. The van der Waals surface area contributed by atoms with Crippen molar-refractivity contribution >= 4 is 35.7 Å². The maximum Gasteiger partial charge on any atom is 0.469 e. The van der Waals surface area contributed by atoms with E-state index in [4.69, 9.17) is 15.5 Å². The minimum absolute atomic E-state index is 0.161. The van der Waals surface area contributed by atoms with Crippen molar-refractivity contribution < 1.29 is 28.5 Å². The van der Waals surface area contributed by atoms with E-state index in [-0.39, 0.29) is 12.5 Å². The van der Waals surface area contributed by atoms with Gasteiger partial charge in [-0.3, -0.25) is 14.6 Å². The Hall–Kier alpha value is -0.470. The maximum atomic E-state index is 11.3. The fourth-order valence-corrected chi connectivity index (χ4v) is 2.15. The van der Waals surface area contributed by atoms with E-state index in [0.717, 1.165) is 19.3 Å². The zero-order valence-electron chi connectivity index (χ0n) is 14.6. The first-order valence-corrected chi connectivity index (χ1v) is 10.3. The van der Waals surface area contributed by atoms with Gasteiger partial charge in [0.1, 0.15) is 4.32 Å². The van der Waals surface area contributed by atoms with E-state index in [9.17, 15) is 14.2 Å². The lowest BCUT2D eigenvalue weighted by Gasteiger charge is -2.21. The van der Waals surface area contributed by atoms with Crippen LogP contribution in [0.15, 0.2) is 0 Å². The summed E-state index contributed by atoms with van der Waals surface area (Å²) in [6, 6.07) is -0.814. The second-order valence-electron chi connectivity index (χ2n) is 5.23. The van der Waals surface area contributed by atoms with Crippen molar-refractivity contribution in [2.45, 2.75) is 70.0 Å². The summed E-state index contributed by atoms with van der Waals surface area (Å²) in [6.07, 6.45) is 6.39. The third-order valence-electron chi connectivity index (χ3n) is 3.27. The molecule has 0 aromatic rings. The number of amides is 3. The number of halogens is 1. The minimum atomic E-state index is -4.22. The molecular weight excluding hydrogens is 403 g/mol. The van der Waals surface area contributed by atoms with Gasteiger partial charge < -0.3 is 15.5 Å². The summed E-state index contributed by atoms with van der Waals surface area (Å²) in [5.41, 5.74) is 4.81. The molecule has 0 aromatic heterocycles. The van der Waals surface area contributed by atoms with Gasteiger partial charge in [0.05, 0.1) is 6.61 Å². The third kappa shape index (κ3) is 15.1. The second kappa shape index (κ2) is 13.8. The van der Waals surface area contributed by atoms with E-state index in [0.29, 0.717) is 12.8 Å². The van der Waals surface area contributed by atoms with Gasteiger partial charge in [0.15, 0.2) is 0 Å². The first-order valence-electron chi connectivity index (χ1n) is 8.02. The molecule has 0 saturated carbocycles. The molecule has 0 radical (unpaired) electrons. The molecule has 5 N–H and O–H groups in total. The van der Waals surface area contributed by atoms with Gasteiger partial charge in [0.2, 0.25) is 5.91 Å². The van der Waals surface area contributed by atoms with Crippen molar-refractivity contribution in [3.8, 4) is 0 Å². The first kappa shape index (κ1) is 25.8. The van der Waals surface area contributed by atoms with E-state index in [1.807, 2.05) is 19.2 Å². The lowest BCUT2D eigenvalue weighted by Crippen LogP contribution is -2.46. The number of hydrogen-bond acceptors (Lipinski definition) is 4. The highest BCUT2D eigenvalue weighted by Gasteiger charge is 2.32. The number of nitrogens with two attached hydrogens (primary N) is 1. The number of nitrogens with one attached hydrogen (secondary N) is 1. The molecule has 0 fully saturated rings. The summed E-state index contributed by atoms with van der Waals surface area (Å²) in [5.74, 6) is -0.375. The molecule has 0 spiro atoms. The fraction of sp³-hybridized carbons (Fsp3) is 0.857. The van der Waals surface area contributed by atoms with Crippen molar-refractivity contribution in [2.24, 2.45) is 5.73 Å². The van der Waals surface area contributed by atoms with Crippen LogP contribution in [0, 0.1) is 0 Å². The summed E-state index contributed by atoms with van der Waals surface area (Å²) in [6.45, 7) is 6.00. The zero-order valence-corrected chi connectivity index (χ0v) is 17.1. The Labute approximate surface area is 152 Å². The number of alkyl halides is 1. The van der Waals surface area contributed by atoms with Gasteiger partial charge in [-0.1, -0.05) is 62.4 Å². The fourth-order valence-electron chi connectivity index (χ4n) is 1.68. The number of urea groups is 1. The van der Waals surface area contributed by atoms with Gasteiger partial charge in [0, 0.05) is 0 Å². The van der Waals surface area contributed by atoms with Crippen molar-refractivity contribution in [2.75, 3.05) is 6.61 Å². The highest BCUT2D eigenvalue weighted by atomic mass is 79.9. The van der Waals surface area contributed by atoms with Crippen LogP contribution in [0.25, 0.3) is 0 Å². The predicted molar refractivity (Wildman–Crippen MR) is 96.7 cm³/mol. The van der Waals surface area contributed by atoms with Crippen LogP contribution < -0.4 is 11.1 Å². The van der Waals surface area contributed by atoms with Gasteiger partial charge in [-0.25, -0.2) is 9.36 Å². The average molecular weight is 433 g/mol. The molecule has 0 aliphatic heterocycles. The highest BCUT2D eigenvalue weighted by molar-refractivity contribution is 9.10. The summed E-state index contributed by atoms with van der Waals surface area (Å²) in [5, 5.41) is 2.04. The molecule has 10 heteroatoms. The molecule has 0 rings (SSSR count). The molecule has 8 nitrogen and oxygen atoms in total. The molecule has 0 aliphatic carbocycles. The first-order chi connectivity index (χ1) is 11.0. The van der Waals surface area contributed by atoms with Gasteiger partial charge in [-0.2, -0.15) is 0 Å². The topological polar surface area (TPSA) is 139 Å². The largest absolute Gasteiger partial charge is 0.469 e. The molecule has 0 aliphatic rings. The molecule has 144 valence electrons. The molecule has 0 atom stereocenters. The van der Waals surface area contributed by atoms with Gasteiger partial charge in [0.25, 0.3) is 0 Å². The van der Waals surface area contributed by atoms with Crippen LogP contribution in [0.2, 0.25) is 0 Å². The number of unbranched alkanes of at least 4 members (excludes halogenated alkanes) is 4. The molecule has 0 heterocycles. The van der Waals surface area contributed by atoms with Gasteiger partial charge in [-0.05, 0) is 19.3 Å². The molecule has 0 unspecified atom stereocenters. The van der Waals surface area contributed by atoms with Crippen LogP contribution in [0.1, 0.15) is 65.7 Å². The smallest absolute Gasteiger partial charge is 0.351 e. The number of carbonyl (C=O) groups is 2. The summed E-state index contributed by atoms with van der Waals surface area (Å²) in [4.78, 5) is 38.3. The Balaban J connectivity index is 0. The van der Waals surface area contributed by atoms with Gasteiger partial charge in [-0.15, -0.1) is 0 Å². The molecule has 0 bridgehead atoms. The Morgan fingerprint density at radius 2 is 1.62 bits per heavy atom. The second-order valence-corrected chi connectivity index (χ2v) is 7.99. The zero-order chi connectivity index (χ0) is 19.2. The molecule has 0 aromatic carbocycles. The molecule has 24 heavy (non-hydrogen) atoms. The highest BCUT2D eigenvalue weighted by Crippen LogP contribution is 2.35. The van der Waals surface area contributed by atoms with E-state index < -0.39 is 18.2 Å².